The normalized spacial score (nSPS) is 18.9. The molecule has 0 spiro atoms. The minimum absolute atomic E-state index is 0.461. The Morgan fingerprint density at radius 3 is 2.57 bits per heavy atom. The van der Waals surface area contributed by atoms with Crippen molar-refractivity contribution in [1.29, 1.82) is 0 Å². The molecule has 0 saturated heterocycles. The molecule has 0 saturated carbocycles. The molecule has 0 amide bonds. The molecular weight excluding hydrogens is 199 g/mol. The summed E-state index contributed by atoms with van der Waals surface area (Å²) >= 11 is 0. The van der Waals surface area contributed by atoms with E-state index >= 15 is 0 Å². The van der Waals surface area contributed by atoms with Crippen molar-refractivity contribution < 1.29 is 13.8 Å². The van der Waals surface area contributed by atoms with E-state index in [2.05, 4.69) is 6.92 Å². The zero-order valence-electron chi connectivity index (χ0n) is 8.78. The van der Waals surface area contributed by atoms with Gasteiger partial charge in [0.15, 0.2) is 0 Å². The lowest BCUT2D eigenvalue weighted by Crippen LogP contribution is -2.04. The van der Waals surface area contributed by atoms with Crippen molar-refractivity contribution in [3.05, 3.63) is 12.2 Å². The quantitative estimate of drug-likeness (QED) is 0.374. The van der Waals surface area contributed by atoms with Crippen LogP contribution in [0.4, 0.5) is 0 Å². The fourth-order valence-corrected chi connectivity index (χ4v) is 2.97. The van der Waals surface area contributed by atoms with Crippen LogP contribution in [0.15, 0.2) is 12.2 Å². The zero-order chi connectivity index (χ0) is 10.3. The van der Waals surface area contributed by atoms with Crippen LogP contribution >= 0.6 is 7.37 Å². The van der Waals surface area contributed by atoms with E-state index in [-0.39, 0.29) is 0 Å². The first-order chi connectivity index (χ1) is 6.77. The van der Waals surface area contributed by atoms with E-state index in [1.54, 1.807) is 0 Å². The fraction of sp³-hybridized carbons (Fsp3) is 0.800. The fourth-order valence-electron chi connectivity index (χ4n) is 1.26. The Kier molecular flexibility index (Phi) is 5.46. The van der Waals surface area contributed by atoms with Gasteiger partial charge in [0, 0.05) is 18.9 Å². The molecule has 0 aromatic carbocycles. The summed E-state index contributed by atoms with van der Waals surface area (Å²) in [6, 6.07) is 0. The molecular formula is C10H19O3P. The van der Waals surface area contributed by atoms with Crippen LogP contribution in [0.2, 0.25) is 0 Å². The van der Waals surface area contributed by atoms with E-state index in [0.717, 1.165) is 19.4 Å². The average Bonchev–Trinajstić information content (AvgIpc) is 2.59. The molecule has 82 valence electrons. The third-order valence-electron chi connectivity index (χ3n) is 2.13. The van der Waals surface area contributed by atoms with E-state index in [0.29, 0.717) is 25.5 Å². The minimum Gasteiger partial charge on any atom is -0.379 e. The largest absolute Gasteiger partial charge is 0.379 e. The van der Waals surface area contributed by atoms with E-state index in [1.807, 2.05) is 12.2 Å². The lowest BCUT2D eigenvalue weighted by molar-refractivity contribution is 0.0992. The van der Waals surface area contributed by atoms with Gasteiger partial charge < -0.3 is 9.26 Å². The summed E-state index contributed by atoms with van der Waals surface area (Å²) in [5.74, 6) is 0. The predicted molar refractivity (Wildman–Crippen MR) is 58.2 cm³/mol. The van der Waals surface area contributed by atoms with Gasteiger partial charge in [-0.3, -0.25) is 4.57 Å². The molecule has 1 heterocycles. The van der Waals surface area contributed by atoms with Crippen molar-refractivity contribution in [2.45, 2.75) is 19.8 Å². The van der Waals surface area contributed by atoms with Crippen LogP contribution in [0.3, 0.4) is 0 Å². The molecule has 0 radical (unpaired) electrons. The maximum Gasteiger partial charge on any atom is 0.210 e. The van der Waals surface area contributed by atoms with Gasteiger partial charge in [0.1, 0.15) is 0 Å². The molecule has 0 unspecified atom stereocenters. The number of allylic oxidation sites excluding steroid dienone is 2. The molecule has 0 aromatic heterocycles. The van der Waals surface area contributed by atoms with Gasteiger partial charge in [-0.05, 0) is 6.42 Å². The zero-order valence-corrected chi connectivity index (χ0v) is 9.67. The maximum atomic E-state index is 11.8. The lowest BCUT2D eigenvalue weighted by Gasteiger charge is -2.11. The Balaban J connectivity index is 1.96. The standard InChI is InChI=1S/C10H19O3P/c1-2-3-6-12-7-8-13-14(11)9-4-5-10-14/h4-5H,2-3,6-10H2,1H3. The topological polar surface area (TPSA) is 35.5 Å². The number of hydrogen-bond acceptors (Lipinski definition) is 3. The van der Waals surface area contributed by atoms with E-state index in [4.69, 9.17) is 9.26 Å². The van der Waals surface area contributed by atoms with Gasteiger partial charge in [-0.2, -0.15) is 0 Å². The second kappa shape index (κ2) is 6.39. The van der Waals surface area contributed by atoms with Gasteiger partial charge in [0.05, 0.1) is 13.2 Å². The molecule has 0 fully saturated rings. The summed E-state index contributed by atoms with van der Waals surface area (Å²) < 4.78 is 22.4. The van der Waals surface area contributed by atoms with Gasteiger partial charge in [-0.1, -0.05) is 25.5 Å². The van der Waals surface area contributed by atoms with Gasteiger partial charge in [0.25, 0.3) is 0 Å². The van der Waals surface area contributed by atoms with Crippen LogP contribution < -0.4 is 0 Å². The van der Waals surface area contributed by atoms with Crippen LogP contribution in [0.5, 0.6) is 0 Å². The third kappa shape index (κ3) is 4.41. The Hall–Kier alpha value is -0.110. The maximum absolute atomic E-state index is 11.8. The van der Waals surface area contributed by atoms with Crippen LogP contribution in [0.25, 0.3) is 0 Å². The highest BCUT2D eigenvalue weighted by atomic mass is 31.2. The monoisotopic (exact) mass is 218 g/mol. The molecule has 1 aliphatic heterocycles. The summed E-state index contributed by atoms with van der Waals surface area (Å²) in [5, 5.41) is 0. The van der Waals surface area contributed by atoms with E-state index < -0.39 is 7.37 Å². The van der Waals surface area contributed by atoms with Gasteiger partial charge >= 0.3 is 0 Å². The summed E-state index contributed by atoms with van der Waals surface area (Å²) in [5.41, 5.74) is 0. The van der Waals surface area contributed by atoms with Gasteiger partial charge in [-0.15, -0.1) is 0 Å². The van der Waals surface area contributed by atoms with Crippen molar-refractivity contribution in [2.24, 2.45) is 0 Å². The number of unbranched alkanes of at least 4 members (excludes halogenated alkanes) is 1. The van der Waals surface area contributed by atoms with Crippen molar-refractivity contribution >= 4 is 7.37 Å². The Labute approximate surface area is 85.9 Å². The first-order valence-electron chi connectivity index (χ1n) is 5.22. The summed E-state index contributed by atoms with van der Waals surface area (Å²) in [6.07, 6.45) is 7.28. The van der Waals surface area contributed by atoms with Crippen LogP contribution in [0.1, 0.15) is 19.8 Å². The van der Waals surface area contributed by atoms with Crippen LogP contribution in [-0.4, -0.2) is 32.1 Å². The second-order valence-electron chi connectivity index (χ2n) is 3.45. The van der Waals surface area contributed by atoms with Crippen molar-refractivity contribution in [2.75, 3.05) is 32.1 Å². The predicted octanol–water partition coefficient (Wildman–Crippen LogP) is 2.67. The summed E-state index contributed by atoms with van der Waals surface area (Å²) in [6.45, 7) is 3.93. The number of ether oxygens (including phenoxy) is 1. The van der Waals surface area contributed by atoms with Crippen LogP contribution in [0, 0.1) is 0 Å². The Morgan fingerprint density at radius 2 is 1.93 bits per heavy atom. The molecule has 3 nitrogen and oxygen atoms in total. The van der Waals surface area contributed by atoms with Gasteiger partial charge in [-0.25, -0.2) is 0 Å². The highest BCUT2D eigenvalue weighted by molar-refractivity contribution is 7.59. The lowest BCUT2D eigenvalue weighted by atomic mass is 10.4. The first kappa shape index (κ1) is 12.0. The summed E-state index contributed by atoms with van der Waals surface area (Å²) in [7, 11) is -2.32. The molecule has 0 atom stereocenters. The average molecular weight is 218 g/mol. The SMILES string of the molecule is CCCCOCCOP1(=O)CC=CC1. The van der Waals surface area contributed by atoms with Gasteiger partial charge in [0.2, 0.25) is 7.37 Å². The highest BCUT2D eigenvalue weighted by Crippen LogP contribution is 2.49. The summed E-state index contributed by atoms with van der Waals surface area (Å²) in [4.78, 5) is 0. The van der Waals surface area contributed by atoms with Crippen molar-refractivity contribution in [3.8, 4) is 0 Å². The van der Waals surface area contributed by atoms with Crippen molar-refractivity contribution in [3.63, 3.8) is 0 Å². The third-order valence-corrected chi connectivity index (χ3v) is 4.32. The smallest absolute Gasteiger partial charge is 0.210 e. The Bertz CT molecular complexity index is 213. The first-order valence-corrected chi connectivity index (χ1v) is 7.22. The molecule has 4 heteroatoms. The number of rotatable bonds is 7. The van der Waals surface area contributed by atoms with Crippen molar-refractivity contribution in [1.82, 2.24) is 0 Å². The molecule has 0 aliphatic carbocycles. The van der Waals surface area contributed by atoms with E-state index in [1.165, 1.54) is 0 Å². The number of hydrogen-bond donors (Lipinski definition) is 0. The van der Waals surface area contributed by atoms with Crippen LogP contribution in [-0.2, 0) is 13.8 Å². The molecule has 14 heavy (non-hydrogen) atoms. The Morgan fingerprint density at radius 1 is 1.21 bits per heavy atom. The second-order valence-corrected chi connectivity index (χ2v) is 6.07. The molecule has 0 bridgehead atoms. The van der Waals surface area contributed by atoms with E-state index in [9.17, 15) is 4.57 Å². The molecule has 0 aromatic rings. The molecule has 1 rings (SSSR count). The minimum atomic E-state index is -2.32. The molecule has 0 N–H and O–H groups in total. The highest BCUT2D eigenvalue weighted by Gasteiger charge is 2.23. The molecule has 1 aliphatic rings.